The number of nitrogens with one attached hydrogen (secondary N) is 1. The van der Waals surface area contributed by atoms with Crippen LogP contribution in [0.5, 0.6) is 0 Å². The lowest BCUT2D eigenvalue weighted by atomic mass is 9.95. The van der Waals surface area contributed by atoms with Gasteiger partial charge in [0.15, 0.2) is 5.11 Å². The SMILES string of the molecule is Cc1cc(C)cc(-n2c(C)cc([C@H]3[C@@H](c4ccccn4)NC(=S)N3C3CCCC3)c2C)c1. The second kappa shape index (κ2) is 8.36. The maximum Gasteiger partial charge on any atom is 0.170 e. The Hall–Kier alpha value is -2.66. The van der Waals surface area contributed by atoms with Gasteiger partial charge in [-0.3, -0.25) is 4.98 Å². The van der Waals surface area contributed by atoms with Gasteiger partial charge in [0.1, 0.15) is 0 Å². The van der Waals surface area contributed by atoms with Crippen molar-refractivity contribution in [2.75, 3.05) is 0 Å². The highest BCUT2D eigenvalue weighted by Gasteiger charge is 2.44. The van der Waals surface area contributed by atoms with E-state index in [0.717, 1.165) is 10.8 Å². The molecule has 2 atom stereocenters. The maximum absolute atomic E-state index is 5.92. The van der Waals surface area contributed by atoms with Crippen molar-refractivity contribution in [2.45, 2.75) is 71.5 Å². The summed E-state index contributed by atoms with van der Waals surface area (Å²) in [4.78, 5) is 7.21. The zero-order valence-corrected chi connectivity index (χ0v) is 20.2. The van der Waals surface area contributed by atoms with Crippen LogP contribution in [0.15, 0.2) is 48.7 Å². The molecule has 2 aliphatic rings. The van der Waals surface area contributed by atoms with Crippen molar-refractivity contribution >= 4 is 17.3 Å². The Labute approximate surface area is 196 Å². The van der Waals surface area contributed by atoms with Crippen molar-refractivity contribution < 1.29 is 0 Å². The number of hydrogen-bond acceptors (Lipinski definition) is 2. The Bertz CT molecular complexity index is 1120. The Morgan fingerprint density at radius 1 is 0.969 bits per heavy atom. The van der Waals surface area contributed by atoms with E-state index in [1.54, 1.807) is 0 Å². The average molecular weight is 445 g/mol. The summed E-state index contributed by atoms with van der Waals surface area (Å²) in [5, 5.41) is 4.51. The fourth-order valence-electron chi connectivity index (χ4n) is 5.84. The zero-order chi connectivity index (χ0) is 22.4. The number of nitrogens with zero attached hydrogens (tertiary/aromatic N) is 3. The van der Waals surface area contributed by atoms with E-state index >= 15 is 0 Å². The van der Waals surface area contributed by atoms with Crippen LogP contribution in [-0.2, 0) is 0 Å². The first-order valence-corrected chi connectivity index (χ1v) is 12.1. The molecule has 32 heavy (non-hydrogen) atoms. The van der Waals surface area contributed by atoms with Gasteiger partial charge in [-0.2, -0.15) is 0 Å². The van der Waals surface area contributed by atoms with Crippen LogP contribution in [0, 0.1) is 27.7 Å². The van der Waals surface area contributed by atoms with Crippen LogP contribution in [-0.4, -0.2) is 25.6 Å². The van der Waals surface area contributed by atoms with Crippen LogP contribution < -0.4 is 5.32 Å². The minimum atomic E-state index is 0.0532. The topological polar surface area (TPSA) is 33.1 Å². The average Bonchev–Trinajstić information content (AvgIpc) is 3.45. The first-order chi connectivity index (χ1) is 15.4. The van der Waals surface area contributed by atoms with Crippen molar-refractivity contribution in [3.05, 3.63) is 82.4 Å². The minimum absolute atomic E-state index is 0.0532. The lowest BCUT2D eigenvalue weighted by Crippen LogP contribution is -2.37. The molecule has 166 valence electrons. The number of pyridine rings is 1. The molecule has 1 aliphatic carbocycles. The van der Waals surface area contributed by atoms with Crippen molar-refractivity contribution in [1.29, 1.82) is 0 Å². The van der Waals surface area contributed by atoms with E-state index in [2.05, 4.69) is 78.9 Å². The Balaban J connectivity index is 1.64. The fourth-order valence-corrected chi connectivity index (χ4v) is 6.23. The van der Waals surface area contributed by atoms with Gasteiger partial charge in [-0.1, -0.05) is 25.0 Å². The van der Waals surface area contributed by atoms with E-state index in [0.29, 0.717) is 6.04 Å². The molecular weight excluding hydrogens is 412 g/mol. The van der Waals surface area contributed by atoms with Crippen LogP contribution in [0.2, 0.25) is 0 Å². The molecule has 1 saturated heterocycles. The summed E-state index contributed by atoms with van der Waals surface area (Å²) in [6, 6.07) is 16.0. The smallest absolute Gasteiger partial charge is 0.170 e. The summed E-state index contributed by atoms with van der Waals surface area (Å²) >= 11 is 5.92. The quantitative estimate of drug-likeness (QED) is 0.499. The first-order valence-electron chi connectivity index (χ1n) is 11.7. The molecule has 1 saturated carbocycles. The largest absolute Gasteiger partial charge is 0.352 e. The van der Waals surface area contributed by atoms with Gasteiger partial charge in [-0.15, -0.1) is 0 Å². The van der Waals surface area contributed by atoms with E-state index in [1.165, 1.54) is 59.4 Å². The highest BCUT2D eigenvalue weighted by Crippen LogP contribution is 2.44. The Kier molecular flexibility index (Phi) is 5.54. The number of aryl methyl sites for hydroxylation is 3. The highest BCUT2D eigenvalue weighted by molar-refractivity contribution is 7.80. The summed E-state index contributed by atoms with van der Waals surface area (Å²) in [7, 11) is 0. The van der Waals surface area contributed by atoms with Crippen LogP contribution in [0.25, 0.3) is 5.69 Å². The number of hydrogen-bond donors (Lipinski definition) is 1. The number of thiocarbonyl (C=S) groups is 1. The third-order valence-corrected chi connectivity index (χ3v) is 7.44. The molecule has 4 nitrogen and oxygen atoms in total. The van der Waals surface area contributed by atoms with E-state index < -0.39 is 0 Å². The lowest BCUT2D eigenvalue weighted by molar-refractivity contribution is 0.245. The lowest BCUT2D eigenvalue weighted by Gasteiger charge is -2.33. The van der Waals surface area contributed by atoms with E-state index in [4.69, 9.17) is 17.2 Å². The maximum atomic E-state index is 5.92. The molecule has 1 aromatic carbocycles. The standard InChI is InChI=1S/C27H32N4S/c1-17-13-18(2)15-22(14-17)30-19(3)16-23(20(30)4)26-25(24-11-7-8-12-28-24)29-27(32)31(26)21-9-5-6-10-21/h7-8,11-16,21,25-26H,5-6,9-10H2,1-4H3,(H,29,32)/t25-,26+/m1/s1. The number of rotatable bonds is 4. The predicted octanol–water partition coefficient (Wildman–Crippen LogP) is 6.02. The van der Waals surface area contributed by atoms with E-state index in [9.17, 15) is 0 Å². The molecule has 5 heteroatoms. The molecule has 2 aromatic heterocycles. The molecular formula is C27H32N4S. The van der Waals surface area contributed by atoms with Crippen LogP contribution in [0.1, 0.15) is 71.5 Å². The van der Waals surface area contributed by atoms with Gasteiger partial charge in [-0.05, 0) is 99.8 Å². The molecule has 2 fully saturated rings. The van der Waals surface area contributed by atoms with Crippen LogP contribution in [0.3, 0.4) is 0 Å². The second-order valence-corrected chi connectivity index (χ2v) is 9.87. The molecule has 0 bridgehead atoms. The van der Waals surface area contributed by atoms with Crippen molar-refractivity contribution in [2.24, 2.45) is 0 Å². The van der Waals surface area contributed by atoms with Gasteiger partial charge < -0.3 is 14.8 Å². The van der Waals surface area contributed by atoms with Crippen molar-refractivity contribution in [1.82, 2.24) is 19.8 Å². The fraction of sp³-hybridized carbons (Fsp3) is 0.407. The normalized spacial score (nSPS) is 21.4. The van der Waals surface area contributed by atoms with Gasteiger partial charge in [0.05, 0.1) is 17.8 Å². The molecule has 0 spiro atoms. The molecule has 1 aliphatic heterocycles. The summed E-state index contributed by atoms with van der Waals surface area (Å²) in [6.07, 6.45) is 6.87. The Morgan fingerprint density at radius 2 is 1.69 bits per heavy atom. The van der Waals surface area contributed by atoms with Crippen LogP contribution >= 0.6 is 12.2 Å². The van der Waals surface area contributed by atoms with Gasteiger partial charge in [0.2, 0.25) is 0 Å². The van der Waals surface area contributed by atoms with E-state index in [-0.39, 0.29) is 12.1 Å². The molecule has 0 radical (unpaired) electrons. The number of aromatic nitrogens is 2. The monoisotopic (exact) mass is 444 g/mol. The molecule has 3 heterocycles. The highest BCUT2D eigenvalue weighted by atomic mass is 32.1. The zero-order valence-electron chi connectivity index (χ0n) is 19.4. The third kappa shape index (κ3) is 3.62. The van der Waals surface area contributed by atoms with Crippen LogP contribution in [0.4, 0.5) is 0 Å². The molecule has 3 aromatic rings. The predicted molar refractivity (Wildman–Crippen MR) is 134 cm³/mol. The summed E-state index contributed by atoms with van der Waals surface area (Å²) in [6.45, 7) is 8.81. The van der Waals surface area contributed by atoms with Crippen molar-refractivity contribution in [3.8, 4) is 5.69 Å². The first kappa shape index (κ1) is 21.2. The summed E-state index contributed by atoms with van der Waals surface area (Å²) in [5.74, 6) is 0. The minimum Gasteiger partial charge on any atom is -0.352 e. The van der Waals surface area contributed by atoms with Gasteiger partial charge in [0, 0.05) is 29.3 Å². The Morgan fingerprint density at radius 3 is 2.34 bits per heavy atom. The molecule has 0 amide bonds. The molecule has 5 rings (SSSR count). The van der Waals surface area contributed by atoms with Gasteiger partial charge in [-0.25, -0.2) is 0 Å². The van der Waals surface area contributed by atoms with E-state index in [1.807, 2.05) is 12.3 Å². The summed E-state index contributed by atoms with van der Waals surface area (Å²) in [5.41, 5.74) is 8.75. The van der Waals surface area contributed by atoms with Gasteiger partial charge >= 0.3 is 0 Å². The molecule has 1 N–H and O–H groups in total. The number of benzene rings is 1. The second-order valence-electron chi connectivity index (χ2n) is 9.48. The third-order valence-electron chi connectivity index (χ3n) is 7.11. The molecule has 0 unspecified atom stereocenters. The summed E-state index contributed by atoms with van der Waals surface area (Å²) < 4.78 is 2.40. The van der Waals surface area contributed by atoms with Crippen molar-refractivity contribution in [3.63, 3.8) is 0 Å². The van der Waals surface area contributed by atoms with Gasteiger partial charge in [0.25, 0.3) is 0 Å².